The highest BCUT2D eigenvalue weighted by molar-refractivity contribution is 9.10. The quantitative estimate of drug-likeness (QED) is 0.683. The fraction of sp³-hybridized carbons (Fsp3) is 0. The average molecular weight is 317 g/mol. The van der Waals surface area contributed by atoms with Crippen molar-refractivity contribution in [1.82, 2.24) is 9.55 Å². The molecule has 0 radical (unpaired) electrons. The molecular formula is C15H10BrFN2. The number of aromatic nitrogens is 2. The Labute approximate surface area is 118 Å². The number of hydrogen-bond donors (Lipinski definition) is 0. The van der Waals surface area contributed by atoms with Crippen molar-refractivity contribution in [2.45, 2.75) is 0 Å². The maximum absolute atomic E-state index is 14.0. The van der Waals surface area contributed by atoms with Crippen molar-refractivity contribution >= 4 is 15.9 Å². The van der Waals surface area contributed by atoms with Gasteiger partial charge >= 0.3 is 0 Å². The molecule has 3 aromatic rings. The molecule has 1 aromatic heterocycles. The van der Waals surface area contributed by atoms with Crippen molar-refractivity contribution in [3.05, 3.63) is 71.2 Å². The van der Waals surface area contributed by atoms with Gasteiger partial charge in [-0.15, -0.1) is 0 Å². The number of rotatable bonds is 2. The van der Waals surface area contributed by atoms with Crippen LogP contribution in [0, 0.1) is 5.82 Å². The van der Waals surface area contributed by atoms with Gasteiger partial charge in [-0.3, -0.25) is 4.57 Å². The Balaban J connectivity index is 2.18. The molecular weight excluding hydrogens is 307 g/mol. The van der Waals surface area contributed by atoms with Crippen LogP contribution in [0.5, 0.6) is 0 Å². The Morgan fingerprint density at radius 1 is 1.05 bits per heavy atom. The molecule has 0 N–H and O–H groups in total. The van der Waals surface area contributed by atoms with Crippen molar-refractivity contribution in [3.63, 3.8) is 0 Å². The fourth-order valence-electron chi connectivity index (χ4n) is 1.97. The predicted octanol–water partition coefficient (Wildman–Crippen LogP) is 4.44. The van der Waals surface area contributed by atoms with E-state index in [2.05, 4.69) is 20.9 Å². The second-order valence-corrected chi connectivity index (χ2v) is 5.00. The van der Waals surface area contributed by atoms with Crippen molar-refractivity contribution in [2.24, 2.45) is 0 Å². The molecule has 0 spiro atoms. The summed E-state index contributed by atoms with van der Waals surface area (Å²) >= 11 is 3.36. The first-order valence-electron chi connectivity index (χ1n) is 5.80. The van der Waals surface area contributed by atoms with E-state index in [-0.39, 0.29) is 5.82 Å². The van der Waals surface area contributed by atoms with E-state index >= 15 is 0 Å². The molecule has 94 valence electrons. The molecule has 0 fully saturated rings. The van der Waals surface area contributed by atoms with Crippen LogP contribution in [0.3, 0.4) is 0 Å². The first-order valence-corrected chi connectivity index (χ1v) is 6.59. The topological polar surface area (TPSA) is 17.8 Å². The van der Waals surface area contributed by atoms with Gasteiger partial charge in [0.2, 0.25) is 0 Å². The molecule has 4 heteroatoms. The van der Waals surface area contributed by atoms with Gasteiger partial charge in [0.1, 0.15) is 11.6 Å². The minimum atomic E-state index is -0.279. The second-order valence-electron chi connectivity index (χ2n) is 4.08. The summed E-state index contributed by atoms with van der Waals surface area (Å²) in [5.41, 5.74) is 1.43. The molecule has 0 unspecified atom stereocenters. The van der Waals surface area contributed by atoms with Crippen molar-refractivity contribution < 1.29 is 4.39 Å². The van der Waals surface area contributed by atoms with Gasteiger partial charge in [0, 0.05) is 22.4 Å². The van der Waals surface area contributed by atoms with E-state index < -0.39 is 0 Å². The highest BCUT2D eigenvalue weighted by Crippen LogP contribution is 2.25. The Morgan fingerprint density at radius 3 is 2.63 bits per heavy atom. The van der Waals surface area contributed by atoms with E-state index in [0.717, 1.165) is 15.9 Å². The summed E-state index contributed by atoms with van der Waals surface area (Å²) < 4.78 is 16.5. The van der Waals surface area contributed by atoms with Crippen LogP contribution in [0.15, 0.2) is 65.4 Å². The molecule has 19 heavy (non-hydrogen) atoms. The number of hydrogen-bond acceptors (Lipinski definition) is 1. The normalized spacial score (nSPS) is 10.6. The maximum Gasteiger partial charge on any atom is 0.147 e. The third-order valence-corrected chi connectivity index (χ3v) is 3.33. The minimum Gasteiger partial charge on any atom is -0.297 e. The smallest absolute Gasteiger partial charge is 0.147 e. The van der Waals surface area contributed by atoms with E-state index in [1.165, 1.54) is 6.07 Å². The Kier molecular flexibility index (Phi) is 3.17. The molecule has 3 rings (SSSR count). The van der Waals surface area contributed by atoms with Crippen molar-refractivity contribution in [2.75, 3.05) is 0 Å². The first kappa shape index (κ1) is 12.1. The van der Waals surface area contributed by atoms with Crippen LogP contribution < -0.4 is 0 Å². The van der Waals surface area contributed by atoms with Gasteiger partial charge in [0.15, 0.2) is 0 Å². The molecule has 0 aliphatic heterocycles. The van der Waals surface area contributed by atoms with E-state index in [1.807, 2.05) is 30.3 Å². The van der Waals surface area contributed by atoms with E-state index in [4.69, 9.17) is 0 Å². The van der Waals surface area contributed by atoms with Gasteiger partial charge < -0.3 is 0 Å². The number of benzene rings is 2. The Morgan fingerprint density at radius 2 is 1.84 bits per heavy atom. The summed E-state index contributed by atoms with van der Waals surface area (Å²) in [6.45, 7) is 0. The average Bonchev–Trinajstić information content (AvgIpc) is 2.91. The molecule has 0 saturated carbocycles. The highest BCUT2D eigenvalue weighted by Gasteiger charge is 2.11. The summed E-state index contributed by atoms with van der Waals surface area (Å²) in [7, 11) is 0. The van der Waals surface area contributed by atoms with Crippen LogP contribution in [-0.4, -0.2) is 9.55 Å². The lowest BCUT2D eigenvalue weighted by Gasteiger charge is -2.09. The molecule has 0 bridgehead atoms. The zero-order valence-corrected chi connectivity index (χ0v) is 11.5. The van der Waals surface area contributed by atoms with E-state index in [9.17, 15) is 4.39 Å². The monoisotopic (exact) mass is 316 g/mol. The summed E-state index contributed by atoms with van der Waals surface area (Å²) in [5, 5.41) is 0. The lowest BCUT2D eigenvalue weighted by Crippen LogP contribution is -1.99. The lowest BCUT2D eigenvalue weighted by atomic mass is 10.2. The summed E-state index contributed by atoms with van der Waals surface area (Å²) in [6, 6.07) is 14.6. The number of imidazole rings is 1. The zero-order chi connectivity index (χ0) is 13.2. The molecule has 1 heterocycles. The number of nitrogens with zero attached hydrogens (tertiary/aromatic N) is 2. The highest BCUT2D eigenvalue weighted by atomic mass is 79.9. The van der Waals surface area contributed by atoms with Crippen LogP contribution >= 0.6 is 15.9 Å². The van der Waals surface area contributed by atoms with Crippen molar-refractivity contribution in [3.8, 4) is 17.1 Å². The molecule has 0 saturated heterocycles. The van der Waals surface area contributed by atoms with Crippen LogP contribution in [0.1, 0.15) is 0 Å². The van der Waals surface area contributed by atoms with Crippen LogP contribution in [0.4, 0.5) is 4.39 Å². The lowest BCUT2D eigenvalue weighted by molar-refractivity contribution is 0.618. The third kappa shape index (κ3) is 2.31. The predicted molar refractivity (Wildman–Crippen MR) is 76.7 cm³/mol. The van der Waals surface area contributed by atoms with Gasteiger partial charge in [0.05, 0.1) is 5.69 Å². The third-order valence-electron chi connectivity index (χ3n) is 2.84. The second kappa shape index (κ2) is 4.97. The summed E-state index contributed by atoms with van der Waals surface area (Å²) in [5.74, 6) is 0.441. The minimum absolute atomic E-state index is 0.279. The SMILES string of the molecule is Fc1ccc(Br)cc1-n1ccnc1-c1ccccc1. The summed E-state index contributed by atoms with van der Waals surface area (Å²) in [4.78, 5) is 4.31. The zero-order valence-electron chi connectivity index (χ0n) is 9.92. The number of halogens is 2. The molecule has 2 aromatic carbocycles. The molecule has 0 atom stereocenters. The standard InChI is InChI=1S/C15H10BrFN2/c16-12-6-7-13(17)14(10-12)19-9-8-18-15(19)11-4-2-1-3-5-11/h1-10H. The molecule has 0 aliphatic carbocycles. The first-order chi connectivity index (χ1) is 9.25. The Bertz CT molecular complexity index is 707. The van der Waals surface area contributed by atoms with Gasteiger partial charge in [-0.05, 0) is 18.2 Å². The van der Waals surface area contributed by atoms with Gasteiger partial charge in [0.25, 0.3) is 0 Å². The van der Waals surface area contributed by atoms with Crippen molar-refractivity contribution in [1.29, 1.82) is 0 Å². The largest absolute Gasteiger partial charge is 0.297 e. The maximum atomic E-state index is 14.0. The van der Waals surface area contributed by atoms with E-state index in [1.54, 1.807) is 29.1 Å². The fourth-order valence-corrected chi connectivity index (χ4v) is 2.32. The van der Waals surface area contributed by atoms with Crippen LogP contribution in [-0.2, 0) is 0 Å². The Hall–Kier alpha value is -1.94. The molecule has 2 nitrogen and oxygen atoms in total. The summed E-state index contributed by atoms with van der Waals surface area (Å²) in [6.07, 6.45) is 3.43. The van der Waals surface area contributed by atoms with Gasteiger partial charge in [-0.25, -0.2) is 9.37 Å². The van der Waals surface area contributed by atoms with Crippen LogP contribution in [0.2, 0.25) is 0 Å². The van der Waals surface area contributed by atoms with Gasteiger partial charge in [-0.1, -0.05) is 46.3 Å². The van der Waals surface area contributed by atoms with Gasteiger partial charge in [-0.2, -0.15) is 0 Å². The van der Waals surface area contributed by atoms with E-state index in [0.29, 0.717) is 5.69 Å². The molecule has 0 aliphatic rings. The molecule has 0 amide bonds. The van der Waals surface area contributed by atoms with Crippen LogP contribution in [0.25, 0.3) is 17.1 Å².